The number of aromatic nitrogens is 2. The molecule has 0 radical (unpaired) electrons. The maximum atomic E-state index is 11.6. The van der Waals surface area contributed by atoms with Gasteiger partial charge >= 0.3 is 0 Å². The Bertz CT molecular complexity index is 683. The summed E-state index contributed by atoms with van der Waals surface area (Å²) in [7, 11) is 0. The van der Waals surface area contributed by atoms with Gasteiger partial charge in [0.1, 0.15) is 5.75 Å². The van der Waals surface area contributed by atoms with Gasteiger partial charge in [-0.25, -0.2) is 9.83 Å². The van der Waals surface area contributed by atoms with E-state index in [4.69, 9.17) is 11.3 Å². The minimum absolute atomic E-state index is 0.152. The number of rotatable bonds is 2. The van der Waals surface area contributed by atoms with Crippen molar-refractivity contribution in [1.29, 1.82) is 0 Å². The molecule has 5 nitrogen and oxygen atoms in total. The van der Waals surface area contributed by atoms with E-state index in [-0.39, 0.29) is 11.3 Å². The number of hydrogen-bond donors (Lipinski definition) is 1. The highest BCUT2D eigenvalue weighted by Gasteiger charge is 2.08. The minimum Gasteiger partial charge on any atom is -0.451 e. The predicted octanol–water partition coefficient (Wildman–Crippen LogP) is 2.73. The molecule has 0 saturated carbocycles. The van der Waals surface area contributed by atoms with Crippen LogP contribution >= 0.6 is 0 Å². The highest BCUT2D eigenvalue weighted by Crippen LogP contribution is 2.26. The van der Waals surface area contributed by atoms with E-state index in [1.807, 2.05) is 6.92 Å². The monoisotopic (exact) mass is 241 g/mol. The van der Waals surface area contributed by atoms with Gasteiger partial charge in [0, 0.05) is 0 Å². The van der Waals surface area contributed by atoms with Gasteiger partial charge in [0.2, 0.25) is 5.75 Å². The number of nitrogens with one attached hydrogen (secondary N) is 1. The number of aryl methyl sites for hydroxylation is 2. The first kappa shape index (κ1) is 11.9. The van der Waals surface area contributed by atoms with E-state index < -0.39 is 0 Å². The molecule has 5 heteroatoms. The zero-order valence-electron chi connectivity index (χ0n) is 10.0. The van der Waals surface area contributed by atoms with E-state index >= 15 is 0 Å². The Morgan fingerprint density at radius 1 is 1.33 bits per heavy atom. The van der Waals surface area contributed by atoms with E-state index in [1.165, 1.54) is 6.33 Å². The number of aromatic amines is 1. The molecule has 1 aromatic heterocycles. The normalized spacial score (nSPS) is 9.83. The molecule has 0 bridgehead atoms. The van der Waals surface area contributed by atoms with Crippen molar-refractivity contribution in [2.24, 2.45) is 0 Å². The van der Waals surface area contributed by atoms with Crippen molar-refractivity contribution >= 4 is 5.69 Å². The molecule has 2 rings (SSSR count). The van der Waals surface area contributed by atoms with Crippen molar-refractivity contribution in [3.63, 3.8) is 0 Å². The summed E-state index contributed by atoms with van der Waals surface area (Å²) in [4.78, 5) is 21.4. The average molecular weight is 241 g/mol. The molecule has 0 fully saturated rings. The fourth-order valence-electron chi connectivity index (χ4n) is 1.57. The zero-order valence-corrected chi connectivity index (χ0v) is 10.0. The van der Waals surface area contributed by atoms with Crippen LogP contribution in [0.2, 0.25) is 0 Å². The standard InChI is InChI=1S/C13H11N3O2/c1-8-4-10(14-3)6-11(5-8)18-12-9(2)15-7-16-13(12)17/h4-7H,1-2H3,(H,15,16,17). The Labute approximate surface area is 104 Å². The molecular formula is C13H11N3O2. The molecule has 0 spiro atoms. The van der Waals surface area contributed by atoms with E-state index in [1.54, 1.807) is 25.1 Å². The second-order valence-electron chi connectivity index (χ2n) is 3.86. The molecule has 0 aliphatic heterocycles. The highest BCUT2D eigenvalue weighted by molar-refractivity contribution is 5.52. The summed E-state index contributed by atoms with van der Waals surface area (Å²) in [6, 6.07) is 5.10. The summed E-state index contributed by atoms with van der Waals surface area (Å²) >= 11 is 0. The molecule has 1 heterocycles. The zero-order chi connectivity index (χ0) is 13.1. The van der Waals surface area contributed by atoms with E-state index in [9.17, 15) is 4.79 Å². The number of nitrogens with zero attached hydrogens (tertiary/aromatic N) is 2. The molecule has 0 unspecified atom stereocenters. The number of hydrogen-bond acceptors (Lipinski definition) is 3. The fraction of sp³-hybridized carbons (Fsp3) is 0.154. The molecule has 90 valence electrons. The van der Waals surface area contributed by atoms with E-state index in [2.05, 4.69) is 14.8 Å². The van der Waals surface area contributed by atoms with Gasteiger partial charge in [0.25, 0.3) is 5.56 Å². The maximum absolute atomic E-state index is 11.6. The predicted molar refractivity (Wildman–Crippen MR) is 67.1 cm³/mol. The first-order chi connectivity index (χ1) is 8.60. The summed E-state index contributed by atoms with van der Waals surface area (Å²) in [6.07, 6.45) is 1.32. The SMILES string of the molecule is [C-]#[N+]c1cc(C)cc(Oc2c(C)nc[nH]c2=O)c1. The lowest BCUT2D eigenvalue weighted by atomic mass is 10.2. The van der Waals surface area contributed by atoms with Gasteiger partial charge < -0.3 is 9.72 Å². The third-order valence-corrected chi connectivity index (χ3v) is 2.37. The third-order valence-electron chi connectivity index (χ3n) is 2.37. The fourth-order valence-corrected chi connectivity index (χ4v) is 1.57. The first-order valence-corrected chi connectivity index (χ1v) is 5.31. The van der Waals surface area contributed by atoms with Gasteiger partial charge in [-0.1, -0.05) is 11.6 Å². The Kier molecular flexibility index (Phi) is 3.11. The number of H-pyrrole nitrogens is 1. The highest BCUT2D eigenvalue weighted by atomic mass is 16.5. The Balaban J connectivity index is 2.44. The molecule has 0 aliphatic carbocycles. The molecule has 0 aliphatic rings. The molecular weight excluding hydrogens is 230 g/mol. The summed E-state index contributed by atoms with van der Waals surface area (Å²) < 4.78 is 5.51. The Hall–Kier alpha value is -2.61. The van der Waals surface area contributed by atoms with Crippen molar-refractivity contribution in [3.8, 4) is 11.5 Å². The van der Waals surface area contributed by atoms with Crippen LogP contribution < -0.4 is 10.3 Å². The lowest BCUT2D eigenvalue weighted by molar-refractivity contribution is 0.467. The molecule has 18 heavy (non-hydrogen) atoms. The van der Waals surface area contributed by atoms with Crippen LogP contribution in [0.1, 0.15) is 11.3 Å². The molecule has 0 saturated heterocycles. The smallest absolute Gasteiger partial charge is 0.294 e. The van der Waals surface area contributed by atoms with Crippen LogP contribution in [0.25, 0.3) is 4.85 Å². The Morgan fingerprint density at radius 2 is 2.11 bits per heavy atom. The van der Waals surface area contributed by atoms with Crippen LogP contribution in [0.4, 0.5) is 5.69 Å². The number of benzene rings is 1. The topological polar surface area (TPSA) is 59.3 Å². The molecule has 1 aromatic carbocycles. The quantitative estimate of drug-likeness (QED) is 0.822. The first-order valence-electron chi connectivity index (χ1n) is 5.31. The van der Waals surface area contributed by atoms with Crippen molar-refractivity contribution in [3.05, 3.63) is 57.6 Å². The van der Waals surface area contributed by atoms with Gasteiger partial charge in [-0.15, -0.1) is 0 Å². The van der Waals surface area contributed by atoms with E-state index in [0.717, 1.165) is 5.56 Å². The van der Waals surface area contributed by atoms with Crippen LogP contribution in [0.5, 0.6) is 11.5 Å². The van der Waals surface area contributed by atoms with Gasteiger partial charge in [0.15, 0.2) is 5.69 Å². The lowest BCUT2D eigenvalue weighted by Gasteiger charge is -2.07. The van der Waals surface area contributed by atoms with Crippen molar-refractivity contribution in [1.82, 2.24) is 9.97 Å². The minimum atomic E-state index is -0.339. The van der Waals surface area contributed by atoms with Crippen molar-refractivity contribution in [2.45, 2.75) is 13.8 Å². The van der Waals surface area contributed by atoms with Crippen molar-refractivity contribution in [2.75, 3.05) is 0 Å². The molecule has 1 N–H and O–H groups in total. The van der Waals surface area contributed by atoms with Crippen LogP contribution in [0, 0.1) is 20.4 Å². The average Bonchev–Trinajstić information content (AvgIpc) is 2.33. The maximum Gasteiger partial charge on any atom is 0.294 e. The van der Waals surface area contributed by atoms with Gasteiger partial charge in [0.05, 0.1) is 18.6 Å². The van der Waals surface area contributed by atoms with Crippen LogP contribution in [0.15, 0.2) is 29.3 Å². The number of ether oxygens (including phenoxy) is 1. The van der Waals surface area contributed by atoms with Crippen LogP contribution in [-0.2, 0) is 0 Å². The molecule has 0 atom stereocenters. The van der Waals surface area contributed by atoms with Gasteiger partial charge in [-0.2, -0.15) is 0 Å². The van der Waals surface area contributed by atoms with Crippen LogP contribution in [-0.4, -0.2) is 9.97 Å². The second kappa shape index (κ2) is 4.72. The van der Waals surface area contributed by atoms with Gasteiger partial charge in [-0.3, -0.25) is 4.79 Å². The summed E-state index contributed by atoms with van der Waals surface area (Å²) in [5, 5.41) is 0. The summed E-state index contributed by atoms with van der Waals surface area (Å²) in [5.74, 6) is 0.613. The summed E-state index contributed by atoms with van der Waals surface area (Å²) in [6.45, 7) is 10.5. The summed E-state index contributed by atoms with van der Waals surface area (Å²) in [5.41, 5.74) is 1.54. The van der Waals surface area contributed by atoms with Crippen molar-refractivity contribution < 1.29 is 4.74 Å². The largest absolute Gasteiger partial charge is 0.451 e. The third kappa shape index (κ3) is 2.38. The van der Waals surface area contributed by atoms with Gasteiger partial charge in [-0.05, 0) is 26.0 Å². The molecule has 0 amide bonds. The molecule has 2 aromatic rings. The van der Waals surface area contributed by atoms with Crippen LogP contribution in [0.3, 0.4) is 0 Å². The Morgan fingerprint density at radius 3 is 2.78 bits per heavy atom. The second-order valence-corrected chi connectivity index (χ2v) is 3.86. The van der Waals surface area contributed by atoms with E-state index in [0.29, 0.717) is 17.1 Å². The lowest BCUT2D eigenvalue weighted by Crippen LogP contribution is -2.10.